The van der Waals surface area contributed by atoms with Crippen molar-refractivity contribution in [2.45, 2.75) is 17.7 Å². The van der Waals surface area contributed by atoms with E-state index in [2.05, 4.69) is 10.9 Å². The van der Waals surface area contributed by atoms with Crippen LogP contribution in [0.4, 0.5) is 0 Å². The first-order valence-electron chi connectivity index (χ1n) is 6.45. The third-order valence-corrected chi connectivity index (χ3v) is 4.93. The van der Waals surface area contributed by atoms with E-state index in [1.54, 1.807) is 0 Å². The van der Waals surface area contributed by atoms with Crippen LogP contribution in [0.25, 0.3) is 0 Å². The first kappa shape index (κ1) is 15.5. The maximum Gasteiger partial charge on any atom is 0.269 e. The van der Waals surface area contributed by atoms with Crippen molar-refractivity contribution < 1.29 is 18.0 Å². The van der Waals surface area contributed by atoms with Gasteiger partial charge < -0.3 is 0 Å². The van der Waals surface area contributed by atoms with Crippen molar-refractivity contribution in [2.75, 3.05) is 14.1 Å². The molecule has 0 saturated heterocycles. The first-order chi connectivity index (χ1) is 9.82. The van der Waals surface area contributed by atoms with Gasteiger partial charge in [0.15, 0.2) is 0 Å². The Bertz CT molecular complexity index is 666. The Morgan fingerprint density at radius 2 is 1.86 bits per heavy atom. The van der Waals surface area contributed by atoms with E-state index < -0.39 is 15.9 Å². The van der Waals surface area contributed by atoms with Gasteiger partial charge in [0.25, 0.3) is 5.91 Å². The minimum Gasteiger partial charge on any atom is -0.273 e. The third-order valence-electron chi connectivity index (χ3n) is 3.12. The van der Waals surface area contributed by atoms with Crippen LogP contribution >= 0.6 is 0 Å². The molecule has 0 atom stereocenters. The molecule has 0 radical (unpaired) electrons. The Morgan fingerprint density at radius 1 is 1.19 bits per heavy atom. The summed E-state index contributed by atoms with van der Waals surface area (Å²) in [4.78, 5) is 23.4. The molecule has 1 fully saturated rings. The van der Waals surface area contributed by atoms with E-state index in [4.69, 9.17) is 0 Å². The lowest BCUT2D eigenvalue weighted by molar-refractivity contribution is -0.123. The fourth-order valence-electron chi connectivity index (χ4n) is 1.65. The summed E-state index contributed by atoms with van der Waals surface area (Å²) in [5.41, 5.74) is 4.77. The summed E-state index contributed by atoms with van der Waals surface area (Å²) in [7, 11) is -0.772. The molecule has 1 saturated carbocycles. The normalized spacial score (nSPS) is 14.8. The standard InChI is InChI=1S/C13H17N3O4S/c1-16(2)21(19,20)11-5-3-4-10(8-11)13(18)15-14-12(17)9-6-7-9/h3-5,8-9H,6-7H2,1-2H3,(H,14,17)(H,15,18). The van der Waals surface area contributed by atoms with Crippen LogP contribution in [0.15, 0.2) is 29.2 Å². The van der Waals surface area contributed by atoms with Crippen molar-refractivity contribution in [1.82, 2.24) is 15.2 Å². The average molecular weight is 311 g/mol. The van der Waals surface area contributed by atoms with E-state index in [1.165, 1.54) is 38.4 Å². The molecule has 1 aromatic rings. The lowest BCUT2D eigenvalue weighted by atomic mass is 10.2. The summed E-state index contributed by atoms with van der Waals surface area (Å²) in [6.45, 7) is 0. The molecular weight excluding hydrogens is 294 g/mol. The molecule has 21 heavy (non-hydrogen) atoms. The predicted molar refractivity (Wildman–Crippen MR) is 75.6 cm³/mol. The number of amides is 2. The summed E-state index contributed by atoms with van der Waals surface area (Å²) < 4.78 is 25.1. The molecule has 114 valence electrons. The Kier molecular flexibility index (Phi) is 4.29. The first-order valence-corrected chi connectivity index (χ1v) is 7.89. The number of nitrogens with one attached hydrogen (secondary N) is 2. The van der Waals surface area contributed by atoms with Gasteiger partial charge in [0, 0.05) is 25.6 Å². The van der Waals surface area contributed by atoms with Crippen molar-refractivity contribution in [3.63, 3.8) is 0 Å². The zero-order valence-electron chi connectivity index (χ0n) is 11.8. The van der Waals surface area contributed by atoms with E-state index in [1.807, 2.05) is 0 Å². The summed E-state index contributed by atoms with van der Waals surface area (Å²) in [5, 5.41) is 0. The third kappa shape index (κ3) is 3.59. The zero-order chi connectivity index (χ0) is 15.6. The second kappa shape index (κ2) is 5.82. The van der Waals surface area contributed by atoms with Gasteiger partial charge in [-0.3, -0.25) is 20.4 Å². The molecule has 2 N–H and O–H groups in total. The lowest BCUT2D eigenvalue weighted by Crippen LogP contribution is -2.42. The molecule has 1 aromatic carbocycles. The van der Waals surface area contributed by atoms with E-state index >= 15 is 0 Å². The summed E-state index contributed by atoms with van der Waals surface area (Å²) in [6.07, 6.45) is 1.66. The highest BCUT2D eigenvalue weighted by Gasteiger charge is 2.29. The highest BCUT2D eigenvalue weighted by atomic mass is 32.2. The number of hydrogen-bond donors (Lipinski definition) is 2. The molecule has 2 rings (SSSR count). The van der Waals surface area contributed by atoms with Gasteiger partial charge in [-0.2, -0.15) is 0 Å². The van der Waals surface area contributed by atoms with Crippen molar-refractivity contribution in [2.24, 2.45) is 5.92 Å². The summed E-state index contributed by atoms with van der Waals surface area (Å²) in [6, 6.07) is 5.64. The van der Waals surface area contributed by atoms with Crippen LogP contribution in [0.2, 0.25) is 0 Å². The van der Waals surface area contributed by atoms with Crippen LogP contribution in [-0.2, 0) is 14.8 Å². The minimum absolute atomic E-state index is 0.0219. The Balaban J connectivity index is 2.09. The summed E-state index contributed by atoms with van der Waals surface area (Å²) in [5.74, 6) is -0.800. The van der Waals surface area contributed by atoms with Crippen LogP contribution in [0.5, 0.6) is 0 Å². The fraction of sp³-hybridized carbons (Fsp3) is 0.385. The number of benzene rings is 1. The molecule has 0 heterocycles. The lowest BCUT2D eigenvalue weighted by Gasteiger charge is -2.12. The zero-order valence-corrected chi connectivity index (χ0v) is 12.6. The van der Waals surface area contributed by atoms with E-state index in [0.29, 0.717) is 0 Å². The number of hydrogen-bond acceptors (Lipinski definition) is 4. The van der Waals surface area contributed by atoms with Gasteiger partial charge in [0.1, 0.15) is 0 Å². The van der Waals surface area contributed by atoms with Gasteiger partial charge in [-0.25, -0.2) is 12.7 Å². The number of hydrazine groups is 1. The predicted octanol–water partition coefficient (Wildman–Crippen LogP) is 0.108. The Hall–Kier alpha value is -1.93. The number of rotatable bonds is 4. The largest absolute Gasteiger partial charge is 0.273 e. The van der Waals surface area contributed by atoms with E-state index in [9.17, 15) is 18.0 Å². The van der Waals surface area contributed by atoms with Crippen molar-refractivity contribution in [3.05, 3.63) is 29.8 Å². The molecule has 1 aliphatic carbocycles. The number of sulfonamides is 1. The minimum atomic E-state index is -3.60. The number of nitrogens with zero attached hydrogens (tertiary/aromatic N) is 1. The highest BCUT2D eigenvalue weighted by molar-refractivity contribution is 7.89. The van der Waals surface area contributed by atoms with Crippen LogP contribution < -0.4 is 10.9 Å². The second-order valence-corrected chi connectivity index (χ2v) is 7.18. The van der Waals surface area contributed by atoms with Gasteiger partial charge in [-0.1, -0.05) is 6.07 Å². The maximum atomic E-state index is 12.0. The average Bonchev–Trinajstić information content (AvgIpc) is 3.29. The monoisotopic (exact) mass is 311 g/mol. The van der Waals surface area contributed by atoms with Crippen molar-refractivity contribution in [3.8, 4) is 0 Å². The topological polar surface area (TPSA) is 95.6 Å². The van der Waals surface area contributed by atoms with Crippen LogP contribution in [0, 0.1) is 5.92 Å². The molecule has 2 amide bonds. The molecular formula is C13H17N3O4S. The van der Waals surface area contributed by atoms with Gasteiger partial charge in [0.2, 0.25) is 15.9 Å². The van der Waals surface area contributed by atoms with Gasteiger partial charge in [0.05, 0.1) is 4.90 Å². The molecule has 7 nitrogen and oxygen atoms in total. The molecule has 0 unspecified atom stereocenters. The maximum absolute atomic E-state index is 12.0. The highest BCUT2D eigenvalue weighted by Crippen LogP contribution is 2.28. The molecule has 0 aliphatic heterocycles. The van der Waals surface area contributed by atoms with Crippen molar-refractivity contribution >= 4 is 21.8 Å². The molecule has 0 spiro atoms. The number of carbonyl (C=O) groups is 2. The Morgan fingerprint density at radius 3 is 2.43 bits per heavy atom. The SMILES string of the molecule is CN(C)S(=O)(=O)c1cccc(C(=O)NNC(=O)C2CC2)c1. The number of carbonyl (C=O) groups excluding carboxylic acids is 2. The molecule has 1 aliphatic rings. The van der Waals surface area contributed by atoms with E-state index in [0.717, 1.165) is 17.1 Å². The molecule has 0 aromatic heterocycles. The molecule has 0 bridgehead atoms. The van der Waals surface area contributed by atoms with Crippen LogP contribution in [0.1, 0.15) is 23.2 Å². The quantitative estimate of drug-likeness (QED) is 0.771. The van der Waals surface area contributed by atoms with Gasteiger partial charge in [-0.05, 0) is 31.0 Å². The van der Waals surface area contributed by atoms with Gasteiger partial charge >= 0.3 is 0 Å². The van der Waals surface area contributed by atoms with Crippen LogP contribution in [-0.4, -0.2) is 38.6 Å². The fourth-order valence-corrected chi connectivity index (χ4v) is 2.59. The molecule has 8 heteroatoms. The second-order valence-electron chi connectivity index (χ2n) is 5.03. The Labute approximate surface area is 123 Å². The van der Waals surface area contributed by atoms with Crippen molar-refractivity contribution in [1.29, 1.82) is 0 Å². The van der Waals surface area contributed by atoms with Gasteiger partial charge in [-0.15, -0.1) is 0 Å². The van der Waals surface area contributed by atoms with Crippen LogP contribution in [0.3, 0.4) is 0 Å². The summed E-state index contributed by atoms with van der Waals surface area (Å²) >= 11 is 0. The van der Waals surface area contributed by atoms with E-state index in [-0.39, 0.29) is 22.3 Å². The smallest absolute Gasteiger partial charge is 0.269 e.